The predicted octanol–water partition coefficient (Wildman–Crippen LogP) is 1.89. The Morgan fingerprint density at radius 1 is 1.13 bits per heavy atom. The normalized spacial score (nSPS) is 10.0. The number of carboxylic acid groups (broad SMARTS) is 1. The summed E-state index contributed by atoms with van der Waals surface area (Å²) in [5, 5.41) is 8.64. The monoisotopic (exact) mass is 215 g/mol. The van der Waals surface area contributed by atoms with Gasteiger partial charge in [-0.25, -0.2) is 0 Å². The van der Waals surface area contributed by atoms with Crippen molar-refractivity contribution in [1.29, 1.82) is 0 Å². The van der Waals surface area contributed by atoms with Crippen LogP contribution in [0.5, 0.6) is 0 Å². The first-order valence-corrected chi connectivity index (χ1v) is 5.61. The van der Waals surface area contributed by atoms with Gasteiger partial charge in [-0.3, -0.25) is 9.59 Å². The number of carbonyl (C=O) groups excluding carboxylic acids is 1. The quantitative estimate of drug-likeness (QED) is 0.629. The molecule has 4 nitrogen and oxygen atoms in total. The lowest BCUT2D eigenvalue weighted by Gasteiger charge is -2.19. The molecule has 88 valence electrons. The number of carboxylic acids is 1. The van der Waals surface area contributed by atoms with E-state index in [-0.39, 0.29) is 12.5 Å². The van der Waals surface area contributed by atoms with Crippen LogP contribution in [0.2, 0.25) is 0 Å². The highest BCUT2D eigenvalue weighted by Crippen LogP contribution is 2.02. The lowest BCUT2D eigenvalue weighted by molar-refractivity contribution is -0.144. The molecule has 15 heavy (non-hydrogen) atoms. The first kappa shape index (κ1) is 13.9. The molecular weight excluding hydrogens is 194 g/mol. The molecule has 0 saturated carbocycles. The van der Waals surface area contributed by atoms with Gasteiger partial charge in [0.2, 0.25) is 5.91 Å². The van der Waals surface area contributed by atoms with Crippen LogP contribution >= 0.6 is 0 Å². The zero-order chi connectivity index (χ0) is 11.7. The van der Waals surface area contributed by atoms with Gasteiger partial charge in [0.1, 0.15) is 6.54 Å². The van der Waals surface area contributed by atoms with E-state index in [4.69, 9.17) is 5.11 Å². The van der Waals surface area contributed by atoms with Crippen LogP contribution in [0.4, 0.5) is 0 Å². The average molecular weight is 215 g/mol. The summed E-state index contributed by atoms with van der Waals surface area (Å²) >= 11 is 0. The van der Waals surface area contributed by atoms with E-state index in [9.17, 15) is 9.59 Å². The van der Waals surface area contributed by atoms with Crippen molar-refractivity contribution in [2.75, 3.05) is 13.1 Å². The van der Waals surface area contributed by atoms with E-state index in [1.165, 1.54) is 4.90 Å². The van der Waals surface area contributed by atoms with Gasteiger partial charge in [0.25, 0.3) is 0 Å². The molecular formula is C11H21NO3. The van der Waals surface area contributed by atoms with Crippen molar-refractivity contribution in [3.63, 3.8) is 0 Å². The summed E-state index contributed by atoms with van der Waals surface area (Å²) in [5.41, 5.74) is 0. The van der Waals surface area contributed by atoms with Crippen molar-refractivity contribution >= 4 is 11.9 Å². The molecule has 1 amide bonds. The molecule has 0 saturated heterocycles. The summed E-state index contributed by atoms with van der Waals surface area (Å²) < 4.78 is 0. The lowest BCUT2D eigenvalue weighted by Crippen LogP contribution is -2.35. The summed E-state index contributed by atoms with van der Waals surface area (Å²) in [6.07, 6.45) is 4.61. The lowest BCUT2D eigenvalue weighted by atomic mass is 10.2. The minimum absolute atomic E-state index is 0.0751. The van der Waals surface area contributed by atoms with Crippen LogP contribution < -0.4 is 0 Å². The minimum Gasteiger partial charge on any atom is -0.480 e. The molecule has 0 heterocycles. The molecule has 1 N–H and O–H groups in total. The molecule has 0 atom stereocenters. The molecule has 0 unspecified atom stereocenters. The van der Waals surface area contributed by atoms with Gasteiger partial charge in [0.15, 0.2) is 0 Å². The van der Waals surface area contributed by atoms with E-state index in [1.807, 2.05) is 0 Å². The number of rotatable bonds is 8. The fourth-order valence-corrected chi connectivity index (χ4v) is 1.41. The Kier molecular flexibility index (Phi) is 7.68. The molecule has 0 aromatic rings. The molecule has 0 fully saturated rings. The Morgan fingerprint density at radius 3 is 2.27 bits per heavy atom. The number of amides is 1. The number of hydrogen-bond donors (Lipinski definition) is 1. The van der Waals surface area contributed by atoms with E-state index in [1.54, 1.807) is 6.92 Å². The summed E-state index contributed by atoms with van der Waals surface area (Å²) in [7, 11) is 0. The zero-order valence-corrected chi connectivity index (χ0v) is 9.66. The van der Waals surface area contributed by atoms with Crippen molar-refractivity contribution in [1.82, 2.24) is 4.90 Å². The molecule has 0 aromatic heterocycles. The van der Waals surface area contributed by atoms with Crippen LogP contribution in [0.15, 0.2) is 0 Å². The topological polar surface area (TPSA) is 57.6 Å². The molecule has 0 radical (unpaired) electrons. The number of nitrogens with zero attached hydrogens (tertiary/aromatic N) is 1. The van der Waals surface area contributed by atoms with Gasteiger partial charge in [-0.1, -0.05) is 33.1 Å². The van der Waals surface area contributed by atoms with E-state index >= 15 is 0 Å². The van der Waals surface area contributed by atoms with E-state index in [2.05, 4.69) is 6.92 Å². The standard InChI is InChI=1S/C11H21NO3/c1-3-5-6-7-8-12(9-11(14)15)10(13)4-2/h3-9H2,1-2H3,(H,14,15). The van der Waals surface area contributed by atoms with Crippen LogP contribution in [0.25, 0.3) is 0 Å². The highest BCUT2D eigenvalue weighted by molar-refractivity contribution is 5.81. The van der Waals surface area contributed by atoms with Crippen LogP contribution in [-0.2, 0) is 9.59 Å². The van der Waals surface area contributed by atoms with Gasteiger partial charge >= 0.3 is 5.97 Å². The average Bonchev–Trinajstić information content (AvgIpc) is 2.21. The molecule has 4 heteroatoms. The fourth-order valence-electron chi connectivity index (χ4n) is 1.41. The van der Waals surface area contributed by atoms with Crippen LogP contribution in [0, 0.1) is 0 Å². The van der Waals surface area contributed by atoms with Crippen LogP contribution in [0.3, 0.4) is 0 Å². The summed E-state index contributed by atoms with van der Waals surface area (Å²) in [6, 6.07) is 0. The third kappa shape index (κ3) is 6.94. The van der Waals surface area contributed by atoms with Crippen molar-refractivity contribution in [2.45, 2.75) is 46.0 Å². The number of aliphatic carboxylic acids is 1. The van der Waals surface area contributed by atoms with Gasteiger partial charge in [-0.15, -0.1) is 0 Å². The Balaban J connectivity index is 3.90. The maximum absolute atomic E-state index is 11.4. The van der Waals surface area contributed by atoms with Crippen molar-refractivity contribution in [3.8, 4) is 0 Å². The Labute approximate surface area is 91.3 Å². The van der Waals surface area contributed by atoms with E-state index < -0.39 is 5.97 Å². The predicted molar refractivity (Wildman–Crippen MR) is 58.6 cm³/mol. The molecule has 0 spiro atoms. The first-order chi connectivity index (χ1) is 7.11. The van der Waals surface area contributed by atoms with Gasteiger partial charge < -0.3 is 10.0 Å². The molecule has 0 aliphatic rings. The van der Waals surface area contributed by atoms with Crippen molar-refractivity contribution < 1.29 is 14.7 Å². The Bertz CT molecular complexity index is 204. The van der Waals surface area contributed by atoms with Crippen LogP contribution in [-0.4, -0.2) is 35.0 Å². The second-order valence-corrected chi connectivity index (χ2v) is 3.62. The smallest absolute Gasteiger partial charge is 0.323 e. The van der Waals surface area contributed by atoms with Gasteiger partial charge in [-0.2, -0.15) is 0 Å². The van der Waals surface area contributed by atoms with Crippen molar-refractivity contribution in [3.05, 3.63) is 0 Å². The molecule has 0 rings (SSSR count). The fraction of sp³-hybridized carbons (Fsp3) is 0.818. The molecule has 0 aliphatic carbocycles. The highest BCUT2D eigenvalue weighted by Gasteiger charge is 2.13. The number of unbranched alkanes of at least 4 members (excludes halogenated alkanes) is 3. The third-order valence-electron chi connectivity index (χ3n) is 2.26. The third-order valence-corrected chi connectivity index (χ3v) is 2.26. The molecule has 0 aromatic carbocycles. The second kappa shape index (κ2) is 8.26. The minimum atomic E-state index is -0.938. The van der Waals surface area contributed by atoms with E-state index in [0.717, 1.165) is 25.7 Å². The maximum Gasteiger partial charge on any atom is 0.323 e. The summed E-state index contributed by atoms with van der Waals surface area (Å²) in [4.78, 5) is 23.3. The number of carbonyl (C=O) groups is 2. The molecule has 0 bridgehead atoms. The molecule has 0 aliphatic heterocycles. The number of hydrogen-bond acceptors (Lipinski definition) is 2. The summed E-state index contributed by atoms with van der Waals surface area (Å²) in [5.74, 6) is -1.01. The van der Waals surface area contributed by atoms with Gasteiger partial charge in [0, 0.05) is 13.0 Å². The zero-order valence-electron chi connectivity index (χ0n) is 9.66. The SMILES string of the molecule is CCCCCCN(CC(=O)O)C(=O)CC. The van der Waals surface area contributed by atoms with E-state index in [0.29, 0.717) is 13.0 Å². The largest absolute Gasteiger partial charge is 0.480 e. The van der Waals surface area contributed by atoms with Gasteiger partial charge in [-0.05, 0) is 6.42 Å². The maximum atomic E-state index is 11.4. The summed E-state index contributed by atoms with van der Waals surface area (Å²) in [6.45, 7) is 4.27. The highest BCUT2D eigenvalue weighted by atomic mass is 16.4. The Morgan fingerprint density at radius 2 is 1.80 bits per heavy atom. The van der Waals surface area contributed by atoms with Crippen molar-refractivity contribution in [2.24, 2.45) is 0 Å². The van der Waals surface area contributed by atoms with Crippen LogP contribution in [0.1, 0.15) is 46.0 Å². The van der Waals surface area contributed by atoms with Gasteiger partial charge in [0.05, 0.1) is 0 Å². The Hall–Kier alpha value is -1.06. The second-order valence-electron chi connectivity index (χ2n) is 3.62. The first-order valence-electron chi connectivity index (χ1n) is 5.61.